The van der Waals surface area contributed by atoms with Crippen molar-refractivity contribution in [2.24, 2.45) is 0 Å². The van der Waals surface area contributed by atoms with Gasteiger partial charge in [0.2, 0.25) is 0 Å². The number of methoxy groups -OCH3 is 1. The van der Waals surface area contributed by atoms with Crippen LogP contribution in [0.5, 0.6) is 5.75 Å². The average Bonchev–Trinajstić information content (AvgIpc) is 2.17. The smallest absolute Gasteiger partial charge is 0.147 e. The molecule has 0 saturated carbocycles. The maximum absolute atomic E-state index is 5.14. The number of benzene rings is 2. The zero-order valence-electron chi connectivity index (χ0n) is 7.66. The summed E-state index contributed by atoms with van der Waals surface area (Å²) in [5.74, 6) is 0.898. The fourth-order valence-corrected chi connectivity index (χ4v) is 1.60. The third-order valence-corrected chi connectivity index (χ3v) is 2.38. The molecule has 14 heavy (non-hydrogen) atoms. The quantitative estimate of drug-likeness (QED) is 0.705. The minimum Gasteiger partial charge on any atom is -0.147 e. The van der Waals surface area contributed by atoms with Crippen molar-refractivity contribution in [3.05, 3.63) is 36.4 Å². The second-order valence-electron chi connectivity index (χ2n) is 2.86. The maximum atomic E-state index is 5.14. The first-order valence-corrected chi connectivity index (χ1v) is 4.62. The van der Waals surface area contributed by atoms with E-state index in [-0.39, 0.29) is 12.4 Å². The van der Waals surface area contributed by atoms with Crippen molar-refractivity contribution < 1.29 is 20.7 Å². The van der Waals surface area contributed by atoms with E-state index in [0.717, 1.165) is 10.2 Å². The van der Waals surface area contributed by atoms with Gasteiger partial charge in [-0.2, -0.15) is 0 Å². The SMILES string of the molecule is COc1ccc2c[c]([Mn])ccc2c1.Cl. The zero-order chi connectivity index (χ0) is 9.26. The van der Waals surface area contributed by atoms with E-state index >= 15 is 0 Å². The van der Waals surface area contributed by atoms with Crippen LogP contribution in [0, 0.1) is 0 Å². The van der Waals surface area contributed by atoms with Crippen LogP contribution in [0.15, 0.2) is 36.4 Å². The van der Waals surface area contributed by atoms with Crippen LogP contribution in [0.4, 0.5) is 0 Å². The Labute approximate surface area is 97.7 Å². The van der Waals surface area contributed by atoms with E-state index < -0.39 is 0 Å². The molecule has 2 rings (SSSR count). The van der Waals surface area contributed by atoms with Crippen LogP contribution in [0.1, 0.15) is 0 Å². The molecule has 0 saturated heterocycles. The number of hydrogen-bond acceptors (Lipinski definition) is 1. The van der Waals surface area contributed by atoms with Gasteiger partial charge in [0.05, 0.1) is 0 Å². The Morgan fingerprint density at radius 3 is 2.36 bits per heavy atom. The van der Waals surface area contributed by atoms with E-state index in [9.17, 15) is 0 Å². The fraction of sp³-hybridized carbons (Fsp3) is 0.0909. The van der Waals surface area contributed by atoms with E-state index in [1.807, 2.05) is 18.2 Å². The van der Waals surface area contributed by atoms with E-state index in [1.165, 1.54) is 10.8 Å². The molecule has 0 aliphatic rings. The summed E-state index contributed by atoms with van der Waals surface area (Å²) in [6.45, 7) is 0. The molecule has 0 amide bonds. The number of fused-ring (bicyclic) bond motifs is 1. The largest absolute Gasteiger partial charge is 0.147 e. The molecule has 0 aliphatic carbocycles. The molecule has 0 aromatic heterocycles. The van der Waals surface area contributed by atoms with E-state index in [0.29, 0.717) is 0 Å². The molecule has 0 radical (unpaired) electrons. The Morgan fingerprint density at radius 1 is 1.00 bits per heavy atom. The molecule has 1 nitrogen and oxygen atoms in total. The van der Waals surface area contributed by atoms with Gasteiger partial charge in [-0.1, -0.05) is 0 Å². The Hall–Kier alpha value is -0.691. The normalized spacial score (nSPS) is 9.57. The molecular formula is C11H10ClMnO. The molecule has 0 spiro atoms. The van der Waals surface area contributed by atoms with Gasteiger partial charge in [-0.15, -0.1) is 12.4 Å². The minimum absolute atomic E-state index is 0. The standard InChI is InChI=1S/C11H9O.ClH.Mn/c1-12-11-7-6-9-4-2-3-5-10(9)8-11;;/h3-8H,1H3;1H;. The Balaban J connectivity index is 0.000000980. The van der Waals surface area contributed by atoms with Gasteiger partial charge in [0.1, 0.15) is 0 Å². The van der Waals surface area contributed by atoms with Crippen molar-refractivity contribution >= 4 is 27.6 Å². The fourth-order valence-electron chi connectivity index (χ4n) is 1.32. The van der Waals surface area contributed by atoms with Crippen molar-refractivity contribution in [2.45, 2.75) is 0 Å². The molecule has 0 atom stereocenters. The molecule has 0 bridgehead atoms. The van der Waals surface area contributed by atoms with Crippen LogP contribution < -0.4 is 9.20 Å². The van der Waals surface area contributed by atoms with Gasteiger partial charge in [0, 0.05) is 0 Å². The topological polar surface area (TPSA) is 9.23 Å². The molecule has 0 N–H and O–H groups in total. The molecule has 2 aromatic rings. The first-order valence-electron chi connectivity index (χ1n) is 4.03. The first kappa shape index (κ1) is 11.4. The minimum atomic E-state index is 0. The van der Waals surface area contributed by atoms with Crippen LogP contribution >= 0.6 is 12.4 Å². The van der Waals surface area contributed by atoms with Crippen LogP contribution in [-0.4, -0.2) is 7.11 Å². The number of ether oxygens (including phenoxy) is 1. The summed E-state index contributed by atoms with van der Waals surface area (Å²) in [5.41, 5.74) is 0. The summed E-state index contributed by atoms with van der Waals surface area (Å²) in [6.07, 6.45) is 0. The third-order valence-electron chi connectivity index (χ3n) is 2.01. The van der Waals surface area contributed by atoms with Crippen LogP contribution in [0.3, 0.4) is 0 Å². The predicted octanol–water partition coefficient (Wildman–Crippen LogP) is 2.44. The molecule has 2 aromatic carbocycles. The predicted molar refractivity (Wildman–Crippen MR) is 57.4 cm³/mol. The van der Waals surface area contributed by atoms with Crippen LogP contribution in [0.25, 0.3) is 10.8 Å². The summed E-state index contributed by atoms with van der Waals surface area (Å²) in [7, 11) is 1.68. The molecule has 0 heterocycles. The molecule has 74 valence electrons. The second-order valence-corrected chi connectivity index (χ2v) is 3.54. The monoisotopic (exact) mass is 248 g/mol. The van der Waals surface area contributed by atoms with E-state index in [1.54, 1.807) is 7.11 Å². The molecule has 0 aliphatic heterocycles. The van der Waals surface area contributed by atoms with E-state index in [2.05, 4.69) is 34.2 Å². The average molecular weight is 249 g/mol. The number of halogens is 1. The van der Waals surface area contributed by atoms with Crippen molar-refractivity contribution in [3.8, 4) is 5.75 Å². The first-order chi connectivity index (χ1) is 6.29. The Morgan fingerprint density at radius 2 is 1.64 bits per heavy atom. The van der Waals surface area contributed by atoms with Crippen molar-refractivity contribution in [3.63, 3.8) is 0 Å². The summed E-state index contributed by atoms with van der Waals surface area (Å²) in [6, 6.07) is 12.2. The van der Waals surface area contributed by atoms with Crippen LogP contribution in [0.2, 0.25) is 0 Å². The summed E-state index contributed by atoms with van der Waals surface area (Å²) >= 11 is 3.44. The van der Waals surface area contributed by atoms with Gasteiger partial charge in [-0.3, -0.25) is 0 Å². The van der Waals surface area contributed by atoms with E-state index in [4.69, 9.17) is 4.74 Å². The second kappa shape index (κ2) is 4.70. The van der Waals surface area contributed by atoms with Crippen molar-refractivity contribution in [2.75, 3.05) is 7.11 Å². The van der Waals surface area contributed by atoms with Gasteiger partial charge in [-0.05, 0) is 0 Å². The Bertz CT molecular complexity index is 442. The maximum Gasteiger partial charge on any atom is -0.147 e. The summed E-state index contributed by atoms with van der Waals surface area (Å²) in [5, 5.41) is 2.41. The van der Waals surface area contributed by atoms with Gasteiger partial charge < -0.3 is 0 Å². The molecular weight excluding hydrogens is 239 g/mol. The third kappa shape index (κ3) is 2.21. The Kier molecular flexibility index (Phi) is 3.82. The molecule has 3 heteroatoms. The van der Waals surface area contributed by atoms with Gasteiger partial charge >= 0.3 is 85.2 Å². The molecule has 0 fully saturated rings. The van der Waals surface area contributed by atoms with Gasteiger partial charge in [-0.25, -0.2) is 0 Å². The van der Waals surface area contributed by atoms with Crippen molar-refractivity contribution in [1.29, 1.82) is 0 Å². The number of rotatable bonds is 1. The number of hydrogen-bond donors (Lipinski definition) is 0. The molecule has 0 unspecified atom stereocenters. The zero-order valence-corrected chi connectivity index (χ0v) is 9.66. The summed E-state index contributed by atoms with van der Waals surface area (Å²) in [4.78, 5) is 0. The summed E-state index contributed by atoms with van der Waals surface area (Å²) < 4.78 is 6.24. The van der Waals surface area contributed by atoms with Gasteiger partial charge in [0.25, 0.3) is 0 Å². The van der Waals surface area contributed by atoms with Gasteiger partial charge in [0.15, 0.2) is 0 Å². The van der Waals surface area contributed by atoms with Crippen molar-refractivity contribution in [1.82, 2.24) is 0 Å². The van der Waals surface area contributed by atoms with Crippen LogP contribution in [-0.2, 0) is 16.0 Å².